The van der Waals surface area contributed by atoms with Crippen LogP contribution in [0.3, 0.4) is 0 Å². The van der Waals surface area contributed by atoms with Gasteiger partial charge in [0.15, 0.2) is 5.76 Å². The summed E-state index contributed by atoms with van der Waals surface area (Å²) in [5, 5.41) is 1.24. The minimum absolute atomic E-state index is 0.163. The molecular weight excluding hydrogens is 878 g/mol. The first-order chi connectivity index (χ1) is 30.8. The van der Waals surface area contributed by atoms with Gasteiger partial charge in [0.05, 0.1) is 27.9 Å². The fourth-order valence-electron chi connectivity index (χ4n) is 7.55. The van der Waals surface area contributed by atoms with Crippen LogP contribution in [0.2, 0.25) is 10.0 Å². The Morgan fingerprint density at radius 1 is 0.625 bits per heavy atom. The van der Waals surface area contributed by atoms with Crippen LogP contribution in [0.15, 0.2) is 111 Å². The molecule has 64 heavy (non-hydrogen) atoms. The molecule has 1 aromatic heterocycles. The average molecular weight is 934 g/mol. The van der Waals surface area contributed by atoms with Crippen molar-refractivity contribution in [3.05, 3.63) is 168 Å². The Morgan fingerprint density at radius 3 is 1.84 bits per heavy atom. The molecule has 0 radical (unpaired) electrons. The van der Waals surface area contributed by atoms with Crippen LogP contribution in [0, 0.1) is 20.8 Å². The van der Waals surface area contributed by atoms with Crippen LogP contribution in [0.4, 0.5) is 0 Å². The van der Waals surface area contributed by atoms with Crippen molar-refractivity contribution in [2.75, 3.05) is 47.9 Å². The zero-order valence-electron chi connectivity index (χ0n) is 37.3. The van der Waals surface area contributed by atoms with Crippen molar-refractivity contribution in [2.24, 2.45) is 0 Å². The number of hydrogen-bond donors (Lipinski definition) is 0. The lowest BCUT2D eigenvalue weighted by atomic mass is 10.1. The predicted octanol–water partition coefficient (Wildman–Crippen LogP) is 11.2. The quantitative estimate of drug-likeness (QED) is 0.0568. The maximum atomic E-state index is 15.1. The van der Waals surface area contributed by atoms with E-state index < -0.39 is 13.3 Å². The summed E-state index contributed by atoms with van der Waals surface area (Å²) in [6, 6.07) is 30.4. The number of methoxy groups -OCH3 is 4. The Kier molecular flexibility index (Phi) is 17.1. The monoisotopic (exact) mass is 932 g/mol. The normalized spacial score (nSPS) is 12.4. The summed E-state index contributed by atoms with van der Waals surface area (Å²) in [4.78, 5) is 14.1. The lowest BCUT2D eigenvalue weighted by molar-refractivity contribution is 0.219. The van der Waals surface area contributed by atoms with E-state index in [2.05, 4.69) is 11.0 Å². The van der Waals surface area contributed by atoms with Crippen LogP contribution in [0.1, 0.15) is 50.5 Å². The lowest BCUT2D eigenvalue weighted by Crippen LogP contribution is -2.27. The molecule has 15 heteroatoms. The molecule has 0 N–H and O–H groups in total. The van der Waals surface area contributed by atoms with Crippen molar-refractivity contribution in [2.45, 2.75) is 59.9 Å². The minimum atomic E-state index is -3.70. The predicted molar refractivity (Wildman–Crippen MR) is 250 cm³/mol. The fourth-order valence-corrected chi connectivity index (χ4v) is 10.1. The molecule has 0 amide bonds. The zero-order valence-corrected chi connectivity index (χ0v) is 39.7. The van der Waals surface area contributed by atoms with Crippen molar-refractivity contribution in [3.8, 4) is 28.7 Å². The molecule has 0 aliphatic heterocycles. The number of nitrogens with zero attached hydrogens (tertiary/aromatic N) is 2. The van der Waals surface area contributed by atoms with Gasteiger partial charge in [-0.25, -0.2) is 9.46 Å². The largest absolute Gasteiger partial charge is 0.519 e. The molecule has 0 bridgehead atoms. The van der Waals surface area contributed by atoms with Gasteiger partial charge in [-0.1, -0.05) is 47.5 Å². The van der Waals surface area contributed by atoms with E-state index in [1.807, 2.05) is 103 Å². The molecule has 6 aromatic rings. The van der Waals surface area contributed by atoms with Crippen LogP contribution in [0.5, 0.6) is 28.7 Å². The molecule has 0 spiro atoms. The van der Waals surface area contributed by atoms with E-state index in [9.17, 15) is 4.79 Å². The number of aryl methyl sites for hydroxylation is 3. The highest BCUT2D eigenvalue weighted by Gasteiger charge is 2.34. The molecule has 12 nitrogen and oxygen atoms in total. The summed E-state index contributed by atoms with van der Waals surface area (Å²) in [6.45, 7) is 8.02. The van der Waals surface area contributed by atoms with Crippen molar-refractivity contribution in [1.29, 1.82) is 0 Å². The molecule has 0 saturated carbocycles. The third kappa shape index (κ3) is 13.4. The summed E-state index contributed by atoms with van der Waals surface area (Å²) in [5.74, 6) is 3.32. The molecule has 0 fully saturated rings. The third-order valence-electron chi connectivity index (χ3n) is 10.5. The maximum Gasteiger partial charge on any atom is 0.519 e. The first-order valence-electron chi connectivity index (χ1n) is 20.7. The van der Waals surface area contributed by atoms with Crippen molar-refractivity contribution in [1.82, 2.24) is 9.57 Å². The van der Waals surface area contributed by atoms with Gasteiger partial charge in [-0.05, 0) is 145 Å². The molecule has 0 aliphatic carbocycles. The first kappa shape index (κ1) is 48.3. The Hall–Kier alpha value is -5.20. The van der Waals surface area contributed by atoms with Gasteiger partial charge in [0.25, 0.3) is 0 Å². The maximum absolute atomic E-state index is 15.1. The summed E-state index contributed by atoms with van der Waals surface area (Å²) >= 11 is 12.9. The highest BCUT2D eigenvalue weighted by Crippen LogP contribution is 2.52. The van der Waals surface area contributed by atoms with Crippen LogP contribution in [-0.2, 0) is 48.4 Å². The minimum Gasteiger partial charge on any atom is -0.497 e. The Morgan fingerprint density at radius 2 is 1.25 bits per heavy atom. The van der Waals surface area contributed by atoms with E-state index >= 15 is 4.57 Å². The lowest BCUT2D eigenvalue weighted by Gasteiger charge is -2.31. The standard InChI is InChI=1S/C49H55Cl2N2O10P/c1-33-19-37(23-41(50)21-33)28-52(30-48-35(3)61-49(54)62-48)17-15-39-27-44(12-14-47(39)59-7)60-31-36-9-8-10-45(25-36)63-64(55,32-56-4)53(29-38-20-34(2)22-42(51)24-38)18-16-40-26-43(57-5)11-13-46(40)58-6/h8-14,19-27H,15-18,28-32H2,1-7H3. The SMILES string of the molecule is COCP(=O)(Oc1cccc(COc2ccc(OC)c(CCN(Cc3cc(C)cc(Cl)c3)Cc3oc(=O)oc3C)c2)c1)N(CCc1cc(OC)ccc1OC)Cc1cc(C)cc(Cl)c1. The van der Waals surface area contributed by atoms with Gasteiger partial charge in [0, 0.05) is 43.3 Å². The number of benzene rings is 5. The van der Waals surface area contributed by atoms with Gasteiger partial charge in [-0.15, -0.1) is 0 Å². The van der Waals surface area contributed by atoms with Gasteiger partial charge < -0.3 is 37.0 Å². The topological polar surface area (TPSA) is 122 Å². The Labute approximate surface area is 385 Å². The van der Waals surface area contributed by atoms with Gasteiger partial charge in [0.2, 0.25) is 0 Å². The molecule has 5 aromatic carbocycles. The molecule has 6 rings (SSSR count). The van der Waals surface area contributed by atoms with E-state index in [0.717, 1.165) is 38.9 Å². The second-order valence-electron chi connectivity index (χ2n) is 15.5. The van der Waals surface area contributed by atoms with Gasteiger partial charge >= 0.3 is 13.3 Å². The summed E-state index contributed by atoms with van der Waals surface area (Å²) < 4.78 is 62.8. The number of rotatable bonds is 23. The van der Waals surface area contributed by atoms with Crippen molar-refractivity contribution in [3.63, 3.8) is 0 Å². The second kappa shape index (κ2) is 22.6. The smallest absolute Gasteiger partial charge is 0.497 e. The highest BCUT2D eigenvalue weighted by molar-refractivity contribution is 7.56. The molecule has 340 valence electrons. The van der Waals surface area contributed by atoms with E-state index in [1.54, 1.807) is 34.3 Å². The fraction of sp³-hybridized carbons (Fsp3) is 0.327. The van der Waals surface area contributed by atoms with Crippen molar-refractivity contribution < 1.29 is 41.6 Å². The third-order valence-corrected chi connectivity index (χ3v) is 13.2. The molecule has 1 unspecified atom stereocenters. The Bertz CT molecular complexity index is 2570. The van der Waals surface area contributed by atoms with Gasteiger partial charge in [-0.3, -0.25) is 9.46 Å². The van der Waals surface area contributed by atoms with E-state index in [4.69, 9.17) is 60.2 Å². The summed E-state index contributed by atoms with van der Waals surface area (Å²) in [6.07, 6.45) is 0.912. The number of hydrogen-bond acceptors (Lipinski definition) is 11. The average Bonchev–Trinajstić information content (AvgIpc) is 3.57. The van der Waals surface area contributed by atoms with Gasteiger partial charge in [-0.2, -0.15) is 0 Å². The zero-order chi connectivity index (χ0) is 45.8. The van der Waals surface area contributed by atoms with E-state index in [1.165, 1.54) is 7.11 Å². The molecular formula is C49H55Cl2N2O10P. The summed E-state index contributed by atoms with van der Waals surface area (Å²) in [7, 11) is 2.68. The summed E-state index contributed by atoms with van der Waals surface area (Å²) in [5.41, 5.74) is 6.57. The molecule has 1 heterocycles. The van der Waals surface area contributed by atoms with Crippen LogP contribution in [-0.4, -0.2) is 57.4 Å². The second-order valence-corrected chi connectivity index (χ2v) is 18.7. The van der Waals surface area contributed by atoms with E-state index in [0.29, 0.717) is 89.3 Å². The molecule has 0 aliphatic rings. The van der Waals surface area contributed by atoms with Crippen LogP contribution < -0.4 is 29.3 Å². The Balaban J connectivity index is 1.19. The molecule has 0 saturated heterocycles. The first-order valence-corrected chi connectivity index (χ1v) is 23.2. The van der Waals surface area contributed by atoms with Crippen LogP contribution >= 0.6 is 30.7 Å². The van der Waals surface area contributed by atoms with Crippen LogP contribution in [0.25, 0.3) is 0 Å². The highest BCUT2D eigenvalue weighted by atomic mass is 35.5. The van der Waals surface area contributed by atoms with Crippen molar-refractivity contribution >= 4 is 30.7 Å². The molecule has 1 atom stereocenters. The number of ether oxygens (including phenoxy) is 5. The number of halogens is 2. The van der Waals surface area contributed by atoms with Gasteiger partial charge in [0.1, 0.15) is 47.5 Å². The van der Waals surface area contributed by atoms with E-state index in [-0.39, 0.29) is 19.5 Å².